The van der Waals surface area contributed by atoms with E-state index in [4.69, 9.17) is 4.74 Å². The summed E-state index contributed by atoms with van der Waals surface area (Å²) in [6.45, 7) is 5.75. The van der Waals surface area contributed by atoms with E-state index in [0.29, 0.717) is 0 Å². The highest BCUT2D eigenvalue weighted by Crippen LogP contribution is 2.27. The van der Waals surface area contributed by atoms with E-state index < -0.39 is 0 Å². The van der Waals surface area contributed by atoms with E-state index in [0.717, 1.165) is 25.1 Å². The third kappa shape index (κ3) is 2.22. The average Bonchev–Trinajstić information content (AvgIpc) is 2.20. The van der Waals surface area contributed by atoms with Crippen molar-refractivity contribution in [3.63, 3.8) is 0 Å². The normalized spacial score (nSPS) is 38.1. The fourth-order valence-corrected chi connectivity index (χ4v) is 2.54. The van der Waals surface area contributed by atoms with E-state index in [9.17, 15) is 0 Å². The standard InChI is InChI=1S/C10H20N2O/c1-13-7-4-11-10-8-12-5-2-9(10)3-6-12/h9-11H,2-8H2,1H3/t10-/m1/s1. The first-order valence-corrected chi connectivity index (χ1v) is 5.35. The van der Waals surface area contributed by atoms with Crippen LogP contribution in [0.1, 0.15) is 12.8 Å². The van der Waals surface area contributed by atoms with E-state index in [-0.39, 0.29) is 0 Å². The molecule has 76 valence electrons. The Morgan fingerprint density at radius 2 is 2.15 bits per heavy atom. The number of hydrogen-bond donors (Lipinski definition) is 1. The minimum absolute atomic E-state index is 0.734. The van der Waals surface area contributed by atoms with Crippen LogP contribution in [0.2, 0.25) is 0 Å². The van der Waals surface area contributed by atoms with E-state index >= 15 is 0 Å². The van der Waals surface area contributed by atoms with Gasteiger partial charge in [0.2, 0.25) is 0 Å². The van der Waals surface area contributed by atoms with Crippen LogP contribution in [-0.2, 0) is 4.74 Å². The van der Waals surface area contributed by atoms with Gasteiger partial charge in [-0.3, -0.25) is 0 Å². The highest BCUT2D eigenvalue weighted by atomic mass is 16.5. The number of nitrogens with one attached hydrogen (secondary N) is 1. The lowest BCUT2D eigenvalue weighted by Gasteiger charge is -2.45. The zero-order valence-electron chi connectivity index (χ0n) is 8.46. The maximum atomic E-state index is 5.04. The summed E-state index contributed by atoms with van der Waals surface area (Å²) in [5.41, 5.74) is 0. The van der Waals surface area contributed by atoms with Gasteiger partial charge in [-0.1, -0.05) is 0 Å². The molecule has 0 aliphatic carbocycles. The molecule has 0 radical (unpaired) electrons. The molecule has 0 amide bonds. The summed E-state index contributed by atoms with van der Waals surface area (Å²) in [6.07, 6.45) is 2.79. The Morgan fingerprint density at radius 1 is 1.38 bits per heavy atom. The third-order valence-corrected chi connectivity index (χ3v) is 3.37. The molecule has 3 heterocycles. The van der Waals surface area contributed by atoms with Gasteiger partial charge in [-0.05, 0) is 31.8 Å². The van der Waals surface area contributed by atoms with Crippen LogP contribution in [0.25, 0.3) is 0 Å². The second-order valence-corrected chi connectivity index (χ2v) is 4.19. The van der Waals surface area contributed by atoms with Gasteiger partial charge in [0, 0.05) is 26.2 Å². The highest BCUT2D eigenvalue weighted by molar-refractivity contribution is 4.90. The fraction of sp³-hybridized carbons (Fsp3) is 1.00. The summed E-state index contributed by atoms with van der Waals surface area (Å²) in [5.74, 6) is 0.932. The molecule has 2 bridgehead atoms. The lowest BCUT2D eigenvalue weighted by Crippen LogP contribution is -2.56. The summed E-state index contributed by atoms with van der Waals surface area (Å²) < 4.78 is 5.04. The monoisotopic (exact) mass is 184 g/mol. The smallest absolute Gasteiger partial charge is 0.0587 e. The first-order valence-electron chi connectivity index (χ1n) is 5.35. The van der Waals surface area contributed by atoms with Crippen LogP contribution in [0.3, 0.4) is 0 Å². The SMILES string of the molecule is COCCN[C@@H]1CN2CCC1CC2. The summed E-state index contributed by atoms with van der Waals surface area (Å²) in [5, 5.41) is 3.59. The first-order chi connectivity index (χ1) is 6.40. The molecule has 1 N–H and O–H groups in total. The van der Waals surface area contributed by atoms with Crippen molar-refractivity contribution in [3.05, 3.63) is 0 Å². The number of methoxy groups -OCH3 is 1. The summed E-state index contributed by atoms with van der Waals surface area (Å²) in [6, 6.07) is 0.734. The fourth-order valence-electron chi connectivity index (χ4n) is 2.54. The van der Waals surface area contributed by atoms with Crippen LogP contribution in [0, 0.1) is 5.92 Å². The van der Waals surface area contributed by atoms with E-state index in [1.165, 1.54) is 32.5 Å². The van der Waals surface area contributed by atoms with Gasteiger partial charge in [0.15, 0.2) is 0 Å². The van der Waals surface area contributed by atoms with E-state index in [1.54, 1.807) is 7.11 Å². The minimum atomic E-state index is 0.734. The second-order valence-electron chi connectivity index (χ2n) is 4.19. The highest BCUT2D eigenvalue weighted by Gasteiger charge is 2.33. The number of ether oxygens (including phenoxy) is 1. The maximum absolute atomic E-state index is 5.04. The van der Waals surface area contributed by atoms with E-state index in [2.05, 4.69) is 10.2 Å². The van der Waals surface area contributed by atoms with Crippen LogP contribution in [0.5, 0.6) is 0 Å². The van der Waals surface area contributed by atoms with Gasteiger partial charge in [-0.25, -0.2) is 0 Å². The van der Waals surface area contributed by atoms with Gasteiger partial charge in [-0.15, -0.1) is 0 Å². The zero-order valence-corrected chi connectivity index (χ0v) is 8.46. The lowest BCUT2D eigenvalue weighted by molar-refractivity contribution is 0.0685. The average molecular weight is 184 g/mol. The van der Waals surface area contributed by atoms with Crippen molar-refractivity contribution in [2.45, 2.75) is 18.9 Å². The molecule has 3 aliphatic rings. The van der Waals surface area contributed by atoms with Gasteiger partial charge in [0.05, 0.1) is 6.61 Å². The van der Waals surface area contributed by atoms with Crippen molar-refractivity contribution < 1.29 is 4.74 Å². The molecule has 3 nitrogen and oxygen atoms in total. The Kier molecular flexibility index (Phi) is 3.19. The predicted octanol–water partition coefficient (Wildman–Crippen LogP) is 0.317. The first kappa shape index (κ1) is 9.44. The zero-order chi connectivity index (χ0) is 9.10. The van der Waals surface area contributed by atoms with E-state index in [1.807, 2.05) is 0 Å². The molecule has 3 rings (SSSR count). The molecule has 0 aromatic carbocycles. The maximum Gasteiger partial charge on any atom is 0.0587 e. The van der Waals surface area contributed by atoms with Crippen molar-refractivity contribution in [2.75, 3.05) is 39.9 Å². The van der Waals surface area contributed by atoms with Crippen molar-refractivity contribution in [1.82, 2.24) is 10.2 Å². The predicted molar refractivity (Wildman–Crippen MR) is 52.8 cm³/mol. The third-order valence-electron chi connectivity index (χ3n) is 3.37. The second kappa shape index (κ2) is 4.40. The molecule has 3 fully saturated rings. The van der Waals surface area contributed by atoms with Crippen LogP contribution in [-0.4, -0.2) is 50.8 Å². The van der Waals surface area contributed by atoms with Gasteiger partial charge in [0.25, 0.3) is 0 Å². The van der Waals surface area contributed by atoms with Crippen molar-refractivity contribution >= 4 is 0 Å². The van der Waals surface area contributed by atoms with Crippen molar-refractivity contribution in [3.8, 4) is 0 Å². The van der Waals surface area contributed by atoms with Crippen molar-refractivity contribution in [2.24, 2.45) is 5.92 Å². The molecule has 0 aromatic heterocycles. The molecule has 1 atom stereocenters. The summed E-state index contributed by atoms with van der Waals surface area (Å²) >= 11 is 0. The molecule has 3 aliphatic heterocycles. The Hall–Kier alpha value is -0.120. The molecule has 0 saturated carbocycles. The molecule has 0 unspecified atom stereocenters. The van der Waals surface area contributed by atoms with Gasteiger partial charge < -0.3 is 15.0 Å². The minimum Gasteiger partial charge on any atom is -0.383 e. The van der Waals surface area contributed by atoms with Gasteiger partial charge >= 0.3 is 0 Å². The Balaban J connectivity index is 1.74. The van der Waals surface area contributed by atoms with Crippen LogP contribution < -0.4 is 5.32 Å². The van der Waals surface area contributed by atoms with Crippen LogP contribution in [0.4, 0.5) is 0 Å². The Labute approximate surface area is 80.4 Å². The molecular formula is C10H20N2O. The van der Waals surface area contributed by atoms with Crippen LogP contribution >= 0.6 is 0 Å². The number of fused-ring (bicyclic) bond motifs is 3. The topological polar surface area (TPSA) is 24.5 Å². The number of hydrogen-bond acceptors (Lipinski definition) is 3. The van der Waals surface area contributed by atoms with Gasteiger partial charge in [0.1, 0.15) is 0 Å². The van der Waals surface area contributed by atoms with Crippen LogP contribution in [0.15, 0.2) is 0 Å². The number of rotatable bonds is 4. The largest absolute Gasteiger partial charge is 0.383 e. The number of nitrogens with zero attached hydrogens (tertiary/aromatic N) is 1. The summed E-state index contributed by atoms with van der Waals surface area (Å²) in [4.78, 5) is 2.57. The quantitative estimate of drug-likeness (QED) is 0.637. The Bertz CT molecular complexity index is 155. The Morgan fingerprint density at radius 3 is 2.69 bits per heavy atom. The molecule has 0 aromatic rings. The lowest BCUT2D eigenvalue weighted by atomic mass is 9.84. The number of piperidine rings is 3. The molecule has 13 heavy (non-hydrogen) atoms. The molecule has 0 spiro atoms. The summed E-state index contributed by atoms with van der Waals surface area (Å²) in [7, 11) is 1.76. The molecule has 3 heteroatoms. The van der Waals surface area contributed by atoms with Crippen molar-refractivity contribution in [1.29, 1.82) is 0 Å². The van der Waals surface area contributed by atoms with Gasteiger partial charge in [-0.2, -0.15) is 0 Å². The molecular weight excluding hydrogens is 164 g/mol. The molecule has 3 saturated heterocycles.